The zero-order valence-corrected chi connectivity index (χ0v) is 60.1. The highest BCUT2D eigenvalue weighted by atomic mass is 16.7. The van der Waals surface area contributed by atoms with Crippen LogP contribution in [0.15, 0.2) is 46.6 Å². The molecular weight excluding hydrogens is 1190 g/mol. The number of fused-ring (bicyclic) bond motifs is 21. The highest BCUT2D eigenvalue weighted by Gasteiger charge is 2.74. The Kier molecular flexibility index (Phi) is 15.7. The third-order valence-electron chi connectivity index (χ3n) is 33.3. The molecule has 14 fully saturated rings. The van der Waals surface area contributed by atoms with Gasteiger partial charge in [-0.3, -0.25) is 24.0 Å². The molecule has 95 heavy (non-hydrogen) atoms. The van der Waals surface area contributed by atoms with Crippen molar-refractivity contribution in [3.8, 4) is 6.07 Å². The van der Waals surface area contributed by atoms with Gasteiger partial charge in [-0.1, -0.05) is 113 Å². The van der Waals surface area contributed by atoms with Crippen LogP contribution in [0.5, 0.6) is 0 Å². The second kappa shape index (κ2) is 22.5. The SMILES string of the molecule is C[C@@H]1CC[C@@]2(OC1)O[C@H]1C[C@H]3[C@@H]4CC[C@H]5CC(=O)C(C#N)=C[C@]5(C)C4=CC(=O)[C@]3(C)[C@H]1[C@@H]2C.C[C@@H]1CC[C@@]2(OC1)O[C@H]1C[C@H]3[C@@H]4CC[C@H]5CC(=O)CC[C@]5(C)C4=CC(=O)[C@]3(C)[C@H]1[C@@H]2C.C[C@@H]1CC[C@@]2(OC1)O[C@H]1C[C@H]3[C@@H]4CC[C@H]5C[C@@H](C)CC[C@]5(C)C4=CC(=O)[C@]3(C)[C@H]1[C@@H]2C.[HH]. The Morgan fingerprint density at radius 2 is 0.832 bits per heavy atom. The summed E-state index contributed by atoms with van der Waals surface area (Å²) in [4.78, 5) is 66.4. The van der Waals surface area contributed by atoms with Crippen molar-refractivity contribution in [2.75, 3.05) is 19.8 Å². The van der Waals surface area contributed by atoms with Crippen molar-refractivity contribution >= 4 is 28.9 Å². The van der Waals surface area contributed by atoms with Gasteiger partial charge in [0.25, 0.3) is 0 Å². The fourth-order valence-corrected chi connectivity index (χ4v) is 27.5. The van der Waals surface area contributed by atoms with E-state index in [9.17, 15) is 29.2 Å². The van der Waals surface area contributed by atoms with Crippen molar-refractivity contribution < 1.29 is 53.8 Å². The van der Waals surface area contributed by atoms with Gasteiger partial charge in [0.1, 0.15) is 11.9 Å². The molecule has 18 aliphatic rings. The quantitative estimate of drug-likeness (QED) is 0.226. The van der Waals surface area contributed by atoms with Crippen LogP contribution in [0.1, 0.15) is 233 Å². The zero-order valence-electron chi connectivity index (χ0n) is 60.1. The third kappa shape index (κ3) is 9.22. The van der Waals surface area contributed by atoms with Crippen LogP contribution in [0.2, 0.25) is 0 Å². The van der Waals surface area contributed by atoms with Crippen LogP contribution in [0, 0.1) is 156 Å². The molecule has 12 nitrogen and oxygen atoms in total. The van der Waals surface area contributed by atoms with Gasteiger partial charge in [0.05, 0.1) is 43.7 Å². The molecule has 6 aliphatic heterocycles. The molecule has 8 saturated carbocycles. The van der Waals surface area contributed by atoms with E-state index in [1.165, 1.54) is 49.7 Å². The van der Waals surface area contributed by atoms with Gasteiger partial charge in [-0.15, -0.1) is 0 Å². The summed E-state index contributed by atoms with van der Waals surface area (Å²) in [6, 6.07) is 2.11. The molecule has 6 saturated heterocycles. The number of Topliss-reactive ketones (excluding diaryl/α,β-unsaturated/α-hetero) is 2. The Labute approximate surface area is 569 Å². The van der Waals surface area contributed by atoms with Crippen molar-refractivity contribution in [3.63, 3.8) is 0 Å². The van der Waals surface area contributed by atoms with Crippen LogP contribution in [-0.2, 0) is 52.4 Å². The fraction of sp³-hybridized carbons (Fsp3) is 0.831. The molecule has 18 rings (SSSR count). The van der Waals surface area contributed by atoms with E-state index in [2.05, 4.69) is 108 Å². The maximum atomic E-state index is 14.0. The predicted molar refractivity (Wildman–Crippen MR) is 362 cm³/mol. The predicted octanol–water partition coefficient (Wildman–Crippen LogP) is 16.3. The molecule has 12 aliphatic carbocycles. The molecule has 0 aromatic rings. The third-order valence-corrected chi connectivity index (χ3v) is 33.3. The number of ketones is 5. The molecule has 31 atom stereocenters. The molecule has 12 heteroatoms. The zero-order chi connectivity index (χ0) is 66.9. The Balaban J connectivity index is 0.000000118. The molecule has 0 aromatic carbocycles. The van der Waals surface area contributed by atoms with Gasteiger partial charge in [-0.2, -0.15) is 5.26 Å². The first-order chi connectivity index (χ1) is 45.0. The summed E-state index contributed by atoms with van der Waals surface area (Å²) in [5.41, 5.74) is 3.18. The van der Waals surface area contributed by atoms with Crippen LogP contribution in [0.4, 0.5) is 0 Å². The topological polar surface area (TPSA) is 165 Å². The van der Waals surface area contributed by atoms with Gasteiger partial charge >= 0.3 is 0 Å². The maximum absolute atomic E-state index is 14.0. The number of nitrogens with zero attached hydrogens (tertiary/aromatic N) is 1. The van der Waals surface area contributed by atoms with E-state index in [1.807, 2.05) is 12.2 Å². The second-order valence-corrected chi connectivity index (χ2v) is 37.7. The van der Waals surface area contributed by atoms with Gasteiger partial charge in [-0.05, 0) is 209 Å². The number of rotatable bonds is 0. The molecule has 0 N–H and O–H groups in total. The minimum Gasteiger partial charge on any atom is -0.349 e. The Morgan fingerprint density at radius 1 is 0.442 bits per heavy atom. The highest BCUT2D eigenvalue weighted by molar-refractivity contribution is 6.02. The number of hydrogen-bond donors (Lipinski definition) is 0. The summed E-state index contributed by atoms with van der Waals surface area (Å²) in [5, 5.41) is 9.53. The van der Waals surface area contributed by atoms with Gasteiger partial charge in [0.15, 0.2) is 40.5 Å². The van der Waals surface area contributed by atoms with Crippen molar-refractivity contribution in [3.05, 3.63) is 46.6 Å². The largest absolute Gasteiger partial charge is 0.349 e. The molecule has 0 radical (unpaired) electrons. The minimum atomic E-state index is -0.530. The Morgan fingerprint density at radius 3 is 1.25 bits per heavy atom. The van der Waals surface area contributed by atoms with E-state index in [0.717, 1.165) is 121 Å². The first-order valence-electron chi connectivity index (χ1n) is 38.9. The molecule has 0 amide bonds. The lowest BCUT2D eigenvalue weighted by Crippen LogP contribution is -2.53. The van der Waals surface area contributed by atoms with Gasteiger partial charge in [0.2, 0.25) is 0 Å². The van der Waals surface area contributed by atoms with Crippen LogP contribution in [0.25, 0.3) is 0 Å². The summed E-state index contributed by atoms with van der Waals surface area (Å²) < 4.78 is 39.4. The summed E-state index contributed by atoms with van der Waals surface area (Å²) in [5.74, 6) is 7.72. The molecule has 0 aromatic heterocycles. The van der Waals surface area contributed by atoms with E-state index in [1.54, 1.807) is 0 Å². The number of ether oxygens (including phenoxy) is 6. The fourth-order valence-electron chi connectivity index (χ4n) is 27.5. The maximum Gasteiger partial charge on any atom is 0.173 e. The average molecular weight is 1300 g/mol. The van der Waals surface area contributed by atoms with Crippen LogP contribution in [-0.4, -0.2) is 84.4 Å². The van der Waals surface area contributed by atoms with Crippen LogP contribution < -0.4 is 0 Å². The lowest BCUT2D eigenvalue weighted by Gasteiger charge is -2.56. The van der Waals surface area contributed by atoms with Gasteiger partial charge in [0, 0.05) is 97.1 Å². The summed E-state index contributed by atoms with van der Waals surface area (Å²) >= 11 is 0. The monoisotopic (exact) mass is 1300 g/mol. The van der Waals surface area contributed by atoms with Crippen LogP contribution >= 0.6 is 0 Å². The lowest BCUT2D eigenvalue weighted by atomic mass is 9.47. The molecular formula is C83H117NO11. The lowest BCUT2D eigenvalue weighted by molar-refractivity contribution is -0.272. The molecule has 0 bridgehead atoms. The summed E-state index contributed by atoms with van der Waals surface area (Å²) in [6.07, 6.45) is 31.2. The van der Waals surface area contributed by atoms with Crippen molar-refractivity contribution in [1.82, 2.24) is 0 Å². The molecule has 6 heterocycles. The molecule has 3 spiro atoms. The number of carbonyl (C=O) groups excluding carboxylic acids is 5. The van der Waals surface area contributed by atoms with Gasteiger partial charge < -0.3 is 28.4 Å². The number of hydrogen-bond acceptors (Lipinski definition) is 12. The summed E-state index contributed by atoms with van der Waals surface area (Å²) in [6.45, 7) is 32.0. The Bertz CT molecular complexity index is 3390. The van der Waals surface area contributed by atoms with E-state index >= 15 is 0 Å². The highest BCUT2D eigenvalue weighted by Crippen LogP contribution is 2.73. The normalized spacial score (nSPS) is 55.7. The molecule has 0 unspecified atom stereocenters. The van der Waals surface area contributed by atoms with E-state index in [-0.39, 0.29) is 99.5 Å². The minimum absolute atomic E-state index is 0. The average Bonchev–Trinajstić information content (AvgIpc) is 1.58. The van der Waals surface area contributed by atoms with E-state index in [0.29, 0.717) is 102 Å². The first-order valence-corrected chi connectivity index (χ1v) is 38.9. The number of allylic oxidation sites excluding steroid dienone is 8. The Hall–Kier alpha value is -3.44. The first kappa shape index (κ1) is 66.1. The number of carbonyl (C=O) groups is 5. The van der Waals surface area contributed by atoms with Crippen molar-refractivity contribution in [2.45, 2.75) is 267 Å². The van der Waals surface area contributed by atoms with E-state index in [4.69, 9.17) is 28.4 Å². The van der Waals surface area contributed by atoms with E-state index < -0.39 is 22.8 Å². The standard InChI is InChI=1S/C28H35NO4.C28H42O3.C27H38O4.H2/c1-15-7-8-28(32-14-15)16(2)25-23(33-28)10-21-19-6-5-18-9-22(30)17(13-29)12-26(18,3)20(19)11-24(31)27(21,25)4;1-16-8-10-26(4)19(12-16)6-7-20-21(26)14-24(29)27(5)22(20)13-23-25(27)18(3)28(31-23)11-9-17(2)15-30-28;1-15-7-10-27(30-14-15)16(2)24-22(31-27)12-21-19-6-5-17-11-18(28)8-9-25(17,3)20(19)13-23(29)26(21,24)4;/h11-12,15-16,18-19,21,23,25H,5-10,14H2,1-4H3;14,16-20,22-23,25H,6-13,15H2,1-5H3;13,15-17,19,21-22,24H,5-12,14H2,1-4H3;1H/t15-,16+,18+,19-,21+,23+,25+,26+,27-,28-;16-,17+,18-,19-,20+,22-,23-,25-,26-,27+,28+;15-,16+,17+,19-,21+,22+,24+,25+,26-,27-;/m101./s1. The van der Waals surface area contributed by atoms with Gasteiger partial charge in [-0.25, -0.2) is 0 Å². The second-order valence-electron chi connectivity index (χ2n) is 37.7. The molecule has 520 valence electrons. The smallest absolute Gasteiger partial charge is 0.173 e. The summed E-state index contributed by atoms with van der Waals surface area (Å²) in [7, 11) is 0. The van der Waals surface area contributed by atoms with Crippen molar-refractivity contribution in [2.24, 2.45) is 145 Å². The van der Waals surface area contributed by atoms with Crippen LogP contribution in [0.3, 0.4) is 0 Å². The number of nitriles is 1. The van der Waals surface area contributed by atoms with Crippen molar-refractivity contribution in [1.29, 1.82) is 5.26 Å².